The number of benzene rings is 1. The number of nitrogens with zero attached hydrogens (tertiary/aromatic N) is 2. The number of amides is 1. The van der Waals surface area contributed by atoms with Crippen molar-refractivity contribution in [1.29, 1.82) is 0 Å². The Balaban J connectivity index is 1.43. The van der Waals surface area contributed by atoms with Gasteiger partial charge in [-0.3, -0.25) is 4.79 Å². The zero-order valence-corrected chi connectivity index (χ0v) is 15.7. The Bertz CT molecular complexity index is 731. The van der Waals surface area contributed by atoms with E-state index in [2.05, 4.69) is 15.2 Å². The number of aryl methyl sites for hydroxylation is 1. The van der Waals surface area contributed by atoms with Crippen LogP contribution in [0.5, 0.6) is 5.75 Å². The highest BCUT2D eigenvalue weighted by molar-refractivity contribution is 5.94. The largest absolute Gasteiger partial charge is 0.497 e. The maximum Gasteiger partial charge on any atom is 0.252 e. The van der Waals surface area contributed by atoms with Gasteiger partial charge in [0, 0.05) is 25.8 Å². The molecule has 1 amide bonds. The van der Waals surface area contributed by atoms with Crippen LogP contribution < -0.4 is 15.0 Å². The Labute approximate surface area is 160 Å². The molecule has 1 saturated heterocycles. The molecule has 1 aliphatic rings. The van der Waals surface area contributed by atoms with Gasteiger partial charge < -0.3 is 20.1 Å². The van der Waals surface area contributed by atoms with Crippen molar-refractivity contribution in [1.82, 2.24) is 10.3 Å². The molecule has 27 heavy (non-hydrogen) atoms. The van der Waals surface area contributed by atoms with Crippen LogP contribution in [-0.4, -0.2) is 48.8 Å². The zero-order chi connectivity index (χ0) is 19.1. The number of hydrogen-bond donors (Lipinski definition) is 2. The number of β-amino-alcohol motifs (C(OH)–C–C–N with tert-alkyl or cyclic N) is 1. The molecule has 0 saturated carbocycles. The van der Waals surface area contributed by atoms with Crippen molar-refractivity contribution >= 4 is 11.7 Å². The van der Waals surface area contributed by atoms with Gasteiger partial charge in [0.25, 0.3) is 5.91 Å². The van der Waals surface area contributed by atoms with E-state index in [0.29, 0.717) is 18.7 Å². The molecule has 0 spiro atoms. The van der Waals surface area contributed by atoms with Crippen LogP contribution >= 0.6 is 0 Å². The first kappa shape index (κ1) is 19.2. The Morgan fingerprint density at radius 1 is 1.30 bits per heavy atom. The summed E-state index contributed by atoms with van der Waals surface area (Å²) in [6.07, 6.45) is 4.88. The van der Waals surface area contributed by atoms with E-state index in [0.717, 1.165) is 43.8 Å². The molecule has 6 nitrogen and oxygen atoms in total. The van der Waals surface area contributed by atoms with Crippen molar-refractivity contribution in [2.75, 3.05) is 31.6 Å². The summed E-state index contributed by atoms with van der Waals surface area (Å²) in [5.74, 6) is 1.55. The molecule has 2 heterocycles. The summed E-state index contributed by atoms with van der Waals surface area (Å²) in [4.78, 5) is 18.7. The number of hydrogen-bond acceptors (Lipinski definition) is 5. The van der Waals surface area contributed by atoms with Crippen molar-refractivity contribution < 1.29 is 14.6 Å². The van der Waals surface area contributed by atoms with Crippen LogP contribution in [0.2, 0.25) is 0 Å². The third-order valence-corrected chi connectivity index (χ3v) is 4.82. The van der Waals surface area contributed by atoms with Gasteiger partial charge in [-0.2, -0.15) is 0 Å². The summed E-state index contributed by atoms with van der Waals surface area (Å²) >= 11 is 0. The smallest absolute Gasteiger partial charge is 0.252 e. The van der Waals surface area contributed by atoms with Crippen LogP contribution in [0, 0.1) is 0 Å². The molecule has 1 aliphatic heterocycles. The average molecular weight is 369 g/mol. The Hall–Kier alpha value is -2.60. The van der Waals surface area contributed by atoms with E-state index < -0.39 is 0 Å². The summed E-state index contributed by atoms with van der Waals surface area (Å²) in [5.41, 5.74) is 1.78. The number of ether oxygens (including phenoxy) is 1. The molecule has 1 aromatic heterocycles. The molecule has 144 valence electrons. The molecule has 2 aromatic rings. The third kappa shape index (κ3) is 5.44. The lowest BCUT2D eigenvalue weighted by molar-refractivity contribution is 0.0952. The van der Waals surface area contributed by atoms with Crippen LogP contribution in [0.3, 0.4) is 0 Å². The summed E-state index contributed by atoms with van der Waals surface area (Å²) < 4.78 is 5.15. The number of methoxy groups -OCH3 is 1. The monoisotopic (exact) mass is 369 g/mol. The molecule has 2 N–H and O–H groups in total. The highest BCUT2D eigenvalue weighted by Gasteiger charge is 2.19. The van der Waals surface area contributed by atoms with Gasteiger partial charge in [-0.15, -0.1) is 0 Å². The molecular weight excluding hydrogens is 342 g/mol. The fourth-order valence-electron chi connectivity index (χ4n) is 3.26. The van der Waals surface area contributed by atoms with Crippen molar-refractivity contribution in [3.63, 3.8) is 0 Å². The predicted molar refractivity (Wildman–Crippen MR) is 105 cm³/mol. The second-order valence-electron chi connectivity index (χ2n) is 6.85. The standard InChI is InChI=1S/C21H27N3O3/c1-27-19-9-6-16(7-10-19)4-2-12-22-21(26)17-8-11-20(23-14-17)24-13-3-5-18(25)15-24/h6-11,14,18,25H,2-5,12-13,15H2,1H3,(H,22,26)/t18-/m0/s1. The van der Waals surface area contributed by atoms with Crippen molar-refractivity contribution in [3.05, 3.63) is 53.7 Å². The third-order valence-electron chi connectivity index (χ3n) is 4.82. The summed E-state index contributed by atoms with van der Waals surface area (Å²) in [6.45, 7) is 2.11. The maximum absolute atomic E-state index is 12.3. The van der Waals surface area contributed by atoms with Gasteiger partial charge in [-0.1, -0.05) is 12.1 Å². The number of aliphatic hydroxyl groups is 1. The SMILES string of the molecule is COc1ccc(CCCNC(=O)c2ccc(N3CCC[C@H](O)C3)nc2)cc1. The van der Waals surface area contributed by atoms with Gasteiger partial charge in [0.05, 0.1) is 18.8 Å². The maximum atomic E-state index is 12.3. The lowest BCUT2D eigenvalue weighted by Crippen LogP contribution is -2.38. The van der Waals surface area contributed by atoms with E-state index >= 15 is 0 Å². The van der Waals surface area contributed by atoms with Crippen LogP contribution in [0.1, 0.15) is 35.2 Å². The number of aliphatic hydroxyl groups excluding tert-OH is 1. The molecule has 6 heteroatoms. The molecule has 0 aliphatic carbocycles. The second-order valence-corrected chi connectivity index (χ2v) is 6.85. The summed E-state index contributed by atoms with van der Waals surface area (Å²) in [5, 5.41) is 12.7. The fraction of sp³-hybridized carbons (Fsp3) is 0.429. The Kier molecular flexibility index (Phi) is 6.65. The van der Waals surface area contributed by atoms with E-state index in [1.807, 2.05) is 30.3 Å². The fourth-order valence-corrected chi connectivity index (χ4v) is 3.26. The molecule has 1 fully saturated rings. The molecule has 3 rings (SSSR count). The Morgan fingerprint density at radius 2 is 2.11 bits per heavy atom. The van der Waals surface area contributed by atoms with Gasteiger partial charge >= 0.3 is 0 Å². The molecule has 0 bridgehead atoms. The number of anilines is 1. The molecule has 1 atom stereocenters. The molecule has 1 aromatic carbocycles. The normalized spacial score (nSPS) is 16.8. The van der Waals surface area contributed by atoms with Crippen LogP contribution in [-0.2, 0) is 6.42 Å². The number of nitrogens with one attached hydrogen (secondary N) is 1. The van der Waals surface area contributed by atoms with E-state index in [9.17, 15) is 9.90 Å². The van der Waals surface area contributed by atoms with Gasteiger partial charge in [-0.05, 0) is 55.5 Å². The van der Waals surface area contributed by atoms with Crippen LogP contribution in [0.25, 0.3) is 0 Å². The highest BCUT2D eigenvalue weighted by atomic mass is 16.5. The van der Waals surface area contributed by atoms with E-state index in [-0.39, 0.29) is 12.0 Å². The van der Waals surface area contributed by atoms with Crippen molar-refractivity contribution in [2.24, 2.45) is 0 Å². The minimum Gasteiger partial charge on any atom is -0.497 e. The van der Waals surface area contributed by atoms with Crippen LogP contribution in [0.15, 0.2) is 42.6 Å². The number of rotatable bonds is 7. The Morgan fingerprint density at radius 3 is 2.78 bits per heavy atom. The molecule has 0 unspecified atom stereocenters. The van der Waals surface area contributed by atoms with Crippen molar-refractivity contribution in [3.8, 4) is 5.75 Å². The second kappa shape index (κ2) is 9.37. The highest BCUT2D eigenvalue weighted by Crippen LogP contribution is 2.18. The number of aromatic nitrogens is 1. The minimum absolute atomic E-state index is 0.109. The first-order valence-corrected chi connectivity index (χ1v) is 9.46. The van der Waals surface area contributed by atoms with Gasteiger partial charge in [0.15, 0.2) is 0 Å². The van der Waals surface area contributed by atoms with Crippen molar-refractivity contribution in [2.45, 2.75) is 31.8 Å². The molecule has 0 radical (unpaired) electrons. The van der Waals surface area contributed by atoms with Gasteiger partial charge in [0.2, 0.25) is 0 Å². The lowest BCUT2D eigenvalue weighted by atomic mass is 10.1. The number of piperidine rings is 1. The molecular formula is C21H27N3O3. The predicted octanol–water partition coefficient (Wildman–Crippen LogP) is 2.41. The lowest BCUT2D eigenvalue weighted by Gasteiger charge is -2.30. The summed E-state index contributed by atoms with van der Waals surface area (Å²) in [6, 6.07) is 11.6. The number of carbonyl (C=O) groups is 1. The zero-order valence-electron chi connectivity index (χ0n) is 15.7. The van der Waals surface area contributed by atoms with E-state index in [1.165, 1.54) is 5.56 Å². The minimum atomic E-state index is -0.297. The van der Waals surface area contributed by atoms with E-state index in [1.54, 1.807) is 19.4 Å². The summed E-state index contributed by atoms with van der Waals surface area (Å²) in [7, 11) is 1.65. The first-order chi connectivity index (χ1) is 13.2. The first-order valence-electron chi connectivity index (χ1n) is 9.46. The average Bonchev–Trinajstić information content (AvgIpc) is 2.71. The quantitative estimate of drug-likeness (QED) is 0.733. The topological polar surface area (TPSA) is 74.7 Å². The van der Waals surface area contributed by atoms with E-state index in [4.69, 9.17) is 4.74 Å². The van der Waals surface area contributed by atoms with Gasteiger partial charge in [-0.25, -0.2) is 4.98 Å². The number of carbonyl (C=O) groups excluding carboxylic acids is 1. The van der Waals surface area contributed by atoms with Gasteiger partial charge in [0.1, 0.15) is 11.6 Å². The number of pyridine rings is 1. The van der Waals surface area contributed by atoms with Crippen LogP contribution in [0.4, 0.5) is 5.82 Å².